The van der Waals surface area contributed by atoms with Crippen molar-refractivity contribution in [2.75, 3.05) is 0 Å². The monoisotopic (exact) mass is 274 g/mol. The molecule has 0 fully saturated rings. The van der Waals surface area contributed by atoms with Crippen LogP contribution in [0.4, 0.5) is 4.70 Å². The third kappa shape index (κ3) is 9.04. The molecule has 0 rings (SSSR count). The van der Waals surface area contributed by atoms with E-state index in [9.17, 15) is 0 Å². The van der Waals surface area contributed by atoms with Crippen molar-refractivity contribution >= 4 is 78.4 Å². The first-order valence-electron chi connectivity index (χ1n) is 0. The number of hydrogen-bond donors (Lipinski definition) is 0. The van der Waals surface area contributed by atoms with E-state index in [-0.39, 0.29) is 109 Å². The Morgan fingerprint density at radius 3 is 1.00 bits per heavy atom. The van der Waals surface area contributed by atoms with E-state index in [4.69, 9.17) is 0 Å². The molecule has 0 bridgehead atoms. The molecule has 0 atom stereocenters. The summed E-state index contributed by atoms with van der Waals surface area (Å²) in [5.74, 6) is 0. The quantitative estimate of drug-likeness (QED) is 0.476. The summed E-state index contributed by atoms with van der Waals surface area (Å²) in [7, 11) is 0. The van der Waals surface area contributed by atoms with Crippen LogP contribution >= 0.6 is 0 Å². The summed E-state index contributed by atoms with van der Waals surface area (Å²) in [5, 5.41) is 0. The third-order valence-electron chi connectivity index (χ3n) is 0. The number of rotatable bonds is 0. The van der Waals surface area contributed by atoms with E-state index in [0.29, 0.717) is 0 Å². The van der Waals surface area contributed by atoms with Gasteiger partial charge in [0.2, 0.25) is 0 Å². The largest absolute Gasteiger partial charge is 0 e. The minimum Gasteiger partial charge on any atom is 0 e. The molecule has 0 amide bonds. The standard InChI is InChI=1S/Ba.FH.Na.Zr.3H/h;1H;;;;;. The van der Waals surface area contributed by atoms with Gasteiger partial charge in [-0.05, 0) is 0 Å². The molecule has 0 aliphatic rings. The zero-order valence-corrected chi connectivity index (χ0v) is 3.37. The van der Waals surface area contributed by atoms with Gasteiger partial charge in [0.25, 0.3) is 0 Å². The topological polar surface area (TPSA) is 0 Å². The maximum absolute atomic E-state index is 0. The van der Waals surface area contributed by atoms with Gasteiger partial charge in [0, 0.05) is 26.2 Å². The molecule has 0 aromatic carbocycles. The fraction of sp³-hybridized carbons (Fsp3) is 0. The Bertz CT molecular complexity index is 8.00. The molecule has 18 valence electrons. The first-order chi connectivity index (χ1) is 0. The molecule has 4 heteroatoms. The fourth-order valence-electron chi connectivity index (χ4n) is 0. The van der Waals surface area contributed by atoms with Crippen LogP contribution in [0.2, 0.25) is 0 Å². The smallest absolute Gasteiger partial charge is 0 e. The van der Waals surface area contributed by atoms with Gasteiger partial charge in [-0.25, -0.2) is 0 Å². The maximum atomic E-state index is 0. The number of halogens is 1. The van der Waals surface area contributed by atoms with Gasteiger partial charge in [0.1, 0.15) is 0 Å². The van der Waals surface area contributed by atoms with E-state index in [1.165, 1.54) is 0 Å². The molecular weight excluding hydrogens is 271 g/mol. The zero-order valence-electron chi connectivity index (χ0n) is 0.908. The van der Waals surface area contributed by atoms with E-state index in [2.05, 4.69) is 0 Å². The van der Waals surface area contributed by atoms with Crippen molar-refractivity contribution in [2.24, 2.45) is 0 Å². The first-order valence-corrected chi connectivity index (χ1v) is 0. The van der Waals surface area contributed by atoms with Crippen molar-refractivity contribution in [3.05, 3.63) is 0 Å². The zero-order chi connectivity index (χ0) is 0. The first kappa shape index (κ1) is 26.3. The second-order valence-corrected chi connectivity index (χ2v) is 0. The minimum atomic E-state index is 0. The SMILES string of the molecule is F.[BaH2].[NaH].[Zr]. The van der Waals surface area contributed by atoms with Crippen LogP contribution in [-0.4, -0.2) is 78.4 Å². The second-order valence-electron chi connectivity index (χ2n) is 0. The molecule has 0 saturated carbocycles. The van der Waals surface area contributed by atoms with E-state index in [1.54, 1.807) is 0 Å². The van der Waals surface area contributed by atoms with Crippen molar-refractivity contribution in [3.63, 3.8) is 0 Å². The van der Waals surface area contributed by atoms with Gasteiger partial charge in [0.15, 0.2) is 0 Å². The van der Waals surface area contributed by atoms with Crippen LogP contribution in [0, 0.1) is 0 Å². The maximum Gasteiger partial charge on any atom is 0 e. The van der Waals surface area contributed by atoms with Crippen LogP contribution in [0.5, 0.6) is 0 Å². The molecule has 0 aliphatic heterocycles. The van der Waals surface area contributed by atoms with Crippen LogP contribution in [0.25, 0.3) is 0 Å². The molecule has 0 nitrogen and oxygen atoms in total. The number of hydrogen-bond acceptors (Lipinski definition) is 0. The van der Waals surface area contributed by atoms with Gasteiger partial charge in [-0.1, -0.05) is 0 Å². The summed E-state index contributed by atoms with van der Waals surface area (Å²) in [6.07, 6.45) is 0. The van der Waals surface area contributed by atoms with Gasteiger partial charge in [0.05, 0.1) is 0 Å². The molecule has 0 spiro atoms. The van der Waals surface area contributed by atoms with Gasteiger partial charge in [-0.3, -0.25) is 4.70 Å². The summed E-state index contributed by atoms with van der Waals surface area (Å²) in [4.78, 5) is 0. The summed E-state index contributed by atoms with van der Waals surface area (Å²) in [6, 6.07) is 0. The second kappa shape index (κ2) is 16.2. The van der Waals surface area contributed by atoms with Gasteiger partial charge in [-0.2, -0.15) is 0 Å². The Hall–Kier alpha value is 3.38. The molecule has 0 saturated heterocycles. The van der Waals surface area contributed by atoms with Crippen molar-refractivity contribution in [2.45, 2.75) is 0 Å². The summed E-state index contributed by atoms with van der Waals surface area (Å²) in [6.45, 7) is 0. The Labute approximate surface area is 106 Å². The molecule has 0 unspecified atom stereocenters. The van der Waals surface area contributed by atoms with Crippen LogP contribution in [0.3, 0.4) is 0 Å². The van der Waals surface area contributed by atoms with Gasteiger partial charge < -0.3 is 0 Å². The molecule has 0 aromatic heterocycles. The Balaban J connectivity index is 0. The van der Waals surface area contributed by atoms with Crippen LogP contribution in [-0.2, 0) is 26.2 Å². The predicted octanol–water partition coefficient (Wildman–Crippen LogP) is -1.41. The van der Waals surface area contributed by atoms with Crippen molar-refractivity contribution < 1.29 is 30.9 Å². The summed E-state index contributed by atoms with van der Waals surface area (Å²) < 4.78 is 0. The average Bonchev–Trinajstić information content (AvgIpc) is 0. The molecule has 0 radical (unpaired) electrons. The average molecular weight is 275 g/mol. The van der Waals surface area contributed by atoms with E-state index < -0.39 is 0 Å². The molecule has 0 N–H and O–H groups in total. The molecule has 0 heterocycles. The fourth-order valence-corrected chi connectivity index (χ4v) is 0. The molecular formula is H4BaFNaZr. The molecule has 0 aromatic rings. The normalized spacial score (nSPS) is 0. The van der Waals surface area contributed by atoms with E-state index in [0.717, 1.165) is 0 Å². The Kier molecular flexibility index (Phi) is 106. The van der Waals surface area contributed by atoms with Crippen molar-refractivity contribution in [1.82, 2.24) is 0 Å². The van der Waals surface area contributed by atoms with Gasteiger partial charge in [-0.15, -0.1) is 0 Å². The van der Waals surface area contributed by atoms with Crippen molar-refractivity contribution in [1.29, 1.82) is 0 Å². The Morgan fingerprint density at radius 2 is 1.00 bits per heavy atom. The van der Waals surface area contributed by atoms with E-state index >= 15 is 0 Å². The summed E-state index contributed by atoms with van der Waals surface area (Å²) in [5.41, 5.74) is 0. The minimum absolute atomic E-state index is 0. The third-order valence-corrected chi connectivity index (χ3v) is 0. The van der Waals surface area contributed by atoms with Crippen LogP contribution in [0.1, 0.15) is 0 Å². The molecule has 0 aliphatic carbocycles. The van der Waals surface area contributed by atoms with Crippen molar-refractivity contribution in [3.8, 4) is 0 Å². The van der Waals surface area contributed by atoms with Crippen LogP contribution < -0.4 is 0 Å². The Morgan fingerprint density at radius 1 is 1.00 bits per heavy atom. The van der Waals surface area contributed by atoms with Crippen LogP contribution in [0.15, 0.2) is 0 Å². The predicted molar refractivity (Wildman–Crippen MR) is 18.2 cm³/mol. The van der Waals surface area contributed by atoms with E-state index in [1.807, 2.05) is 0 Å². The van der Waals surface area contributed by atoms with Gasteiger partial charge >= 0.3 is 78.4 Å². The molecule has 4 heavy (non-hydrogen) atoms. The summed E-state index contributed by atoms with van der Waals surface area (Å²) >= 11 is 0.